The molecule has 2 aromatic rings. The summed E-state index contributed by atoms with van der Waals surface area (Å²) in [4.78, 5) is 14.8. The first-order valence-electron chi connectivity index (χ1n) is 9.02. The molecule has 1 amide bonds. The van der Waals surface area contributed by atoms with Gasteiger partial charge in [0.2, 0.25) is 5.91 Å². The highest BCUT2D eigenvalue weighted by molar-refractivity contribution is 5.83. The average Bonchev–Trinajstić information content (AvgIpc) is 3.30. The first-order valence-corrected chi connectivity index (χ1v) is 9.02. The van der Waals surface area contributed by atoms with Gasteiger partial charge in [-0.15, -0.1) is 0 Å². The van der Waals surface area contributed by atoms with Crippen LogP contribution in [0.15, 0.2) is 42.7 Å². The Balaban J connectivity index is 1.28. The lowest BCUT2D eigenvalue weighted by atomic mass is 9.90. The van der Waals surface area contributed by atoms with E-state index in [4.69, 9.17) is 0 Å². The maximum Gasteiger partial charge on any atom is 0.226 e. The van der Waals surface area contributed by atoms with Crippen molar-refractivity contribution in [3.05, 3.63) is 53.9 Å². The van der Waals surface area contributed by atoms with Crippen molar-refractivity contribution in [2.45, 2.75) is 31.6 Å². The molecule has 126 valence electrons. The Hall–Kier alpha value is -2.10. The molecule has 1 aliphatic carbocycles. The maximum absolute atomic E-state index is 12.7. The minimum absolute atomic E-state index is 0.194. The van der Waals surface area contributed by atoms with Crippen LogP contribution in [0, 0.1) is 11.8 Å². The number of amides is 1. The lowest BCUT2D eigenvalue weighted by molar-refractivity contribution is -0.134. The molecule has 1 saturated carbocycles. The van der Waals surface area contributed by atoms with Crippen molar-refractivity contribution in [2.75, 3.05) is 13.1 Å². The van der Waals surface area contributed by atoms with Crippen LogP contribution in [0.4, 0.5) is 0 Å². The predicted octanol–water partition coefficient (Wildman–Crippen LogP) is 3.00. The Kier molecular flexibility index (Phi) is 4.13. The summed E-state index contributed by atoms with van der Waals surface area (Å²) in [5, 5.41) is 4.23. The molecule has 1 aromatic carbocycles. The molecule has 0 N–H and O–H groups in total. The second kappa shape index (κ2) is 6.42. The minimum atomic E-state index is 0.194. The van der Waals surface area contributed by atoms with Crippen molar-refractivity contribution in [1.82, 2.24) is 14.7 Å². The Morgan fingerprint density at radius 3 is 2.62 bits per heavy atom. The normalized spacial score (nSPS) is 24.1. The smallest absolute Gasteiger partial charge is 0.226 e. The zero-order chi connectivity index (χ0) is 16.5. The summed E-state index contributed by atoms with van der Waals surface area (Å²) in [5.74, 6) is 1.67. The summed E-state index contributed by atoms with van der Waals surface area (Å²) in [7, 11) is 1.93. The van der Waals surface area contributed by atoms with Gasteiger partial charge < -0.3 is 4.90 Å². The quantitative estimate of drug-likeness (QED) is 0.867. The fourth-order valence-electron chi connectivity index (χ4n) is 4.01. The van der Waals surface area contributed by atoms with Crippen LogP contribution in [0.25, 0.3) is 0 Å². The topological polar surface area (TPSA) is 38.1 Å². The molecule has 2 unspecified atom stereocenters. The van der Waals surface area contributed by atoms with E-state index in [9.17, 15) is 4.79 Å². The summed E-state index contributed by atoms with van der Waals surface area (Å²) < 4.78 is 1.82. The van der Waals surface area contributed by atoms with Gasteiger partial charge in [0.25, 0.3) is 0 Å². The summed E-state index contributed by atoms with van der Waals surface area (Å²) in [6.45, 7) is 1.85. The summed E-state index contributed by atoms with van der Waals surface area (Å²) in [6, 6.07) is 10.7. The van der Waals surface area contributed by atoms with E-state index >= 15 is 0 Å². The van der Waals surface area contributed by atoms with Gasteiger partial charge in [0.05, 0.1) is 6.20 Å². The van der Waals surface area contributed by atoms with Crippen molar-refractivity contribution in [3.8, 4) is 0 Å². The molecule has 1 aromatic heterocycles. The number of rotatable bonds is 4. The van der Waals surface area contributed by atoms with Crippen molar-refractivity contribution >= 4 is 5.91 Å². The Labute approximate surface area is 143 Å². The van der Waals surface area contributed by atoms with Crippen LogP contribution in [0.3, 0.4) is 0 Å². The SMILES string of the molecule is Cn1cc(C2CC2C(=O)N2CCC(Cc3ccccc3)CC2)cn1. The third kappa shape index (κ3) is 3.23. The fourth-order valence-corrected chi connectivity index (χ4v) is 4.01. The number of aromatic nitrogens is 2. The van der Waals surface area contributed by atoms with Gasteiger partial charge in [-0.25, -0.2) is 0 Å². The molecule has 2 heterocycles. The van der Waals surface area contributed by atoms with Crippen LogP contribution in [0.5, 0.6) is 0 Å². The van der Waals surface area contributed by atoms with Gasteiger partial charge in [-0.05, 0) is 48.6 Å². The van der Waals surface area contributed by atoms with Crippen LogP contribution in [-0.4, -0.2) is 33.7 Å². The van der Waals surface area contributed by atoms with Crippen LogP contribution < -0.4 is 0 Å². The number of benzene rings is 1. The first kappa shape index (κ1) is 15.4. The molecule has 4 heteroatoms. The largest absolute Gasteiger partial charge is 0.342 e. The van der Waals surface area contributed by atoms with E-state index in [1.165, 1.54) is 11.1 Å². The highest BCUT2D eigenvalue weighted by Crippen LogP contribution is 2.48. The third-order valence-electron chi connectivity index (χ3n) is 5.55. The number of hydrogen-bond acceptors (Lipinski definition) is 2. The first-order chi connectivity index (χ1) is 11.7. The van der Waals surface area contributed by atoms with Crippen molar-refractivity contribution in [1.29, 1.82) is 0 Å². The van der Waals surface area contributed by atoms with E-state index < -0.39 is 0 Å². The van der Waals surface area contributed by atoms with Crippen LogP contribution in [0.1, 0.15) is 36.3 Å². The predicted molar refractivity (Wildman–Crippen MR) is 93.5 cm³/mol. The van der Waals surface area contributed by atoms with Gasteiger partial charge in [-0.1, -0.05) is 30.3 Å². The van der Waals surface area contributed by atoms with E-state index in [0.29, 0.717) is 17.7 Å². The molecule has 0 spiro atoms. The highest BCUT2D eigenvalue weighted by Gasteiger charge is 2.46. The number of hydrogen-bond donors (Lipinski definition) is 0. The number of piperidine rings is 1. The van der Waals surface area contributed by atoms with Gasteiger partial charge in [0, 0.05) is 32.3 Å². The molecule has 24 heavy (non-hydrogen) atoms. The van der Waals surface area contributed by atoms with Gasteiger partial charge in [-0.2, -0.15) is 5.10 Å². The fraction of sp³-hybridized carbons (Fsp3) is 0.500. The molecule has 1 aliphatic heterocycles. The molecule has 0 bridgehead atoms. The minimum Gasteiger partial charge on any atom is -0.342 e. The number of likely N-dealkylation sites (tertiary alicyclic amines) is 1. The van der Waals surface area contributed by atoms with Gasteiger partial charge >= 0.3 is 0 Å². The van der Waals surface area contributed by atoms with Gasteiger partial charge in [0.1, 0.15) is 0 Å². The zero-order valence-corrected chi connectivity index (χ0v) is 14.3. The third-order valence-corrected chi connectivity index (χ3v) is 5.55. The van der Waals surface area contributed by atoms with Crippen molar-refractivity contribution in [3.63, 3.8) is 0 Å². The number of aryl methyl sites for hydroxylation is 1. The zero-order valence-electron chi connectivity index (χ0n) is 14.3. The summed E-state index contributed by atoms with van der Waals surface area (Å²) >= 11 is 0. The van der Waals surface area contributed by atoms with Crippen LogP contribution in [0.2, 0.25) is 0 Å². The second-order valence-electron chi connectivity index (χ2n) is 7.35. The second-order valence-corrected chi connectivity index (χ2v) is 7.35. The monoisotopic (exact) mass is 323 g/mol. The number of nitrogens with zero attached hydrogens (tertiary/aromatic N) is 3. The average molecular weight is 323 g/mol. The van der Waals surface area contributed by atoms with E-state index in [2.05, 4.69) is 40.3 Å². The molecule has 2 aliphatic rings. The molecule has 1 saturated heterocycles. The Bertz CT molecular complexity index is 701. The molecule has 2 fully saturated rings. The van der Waals surface area contributed by atoms with Gasteiger partial charge in [0.15, 0.2) is 0 Å². The molecular formula is C20H25N3O. The molecule has 2 atom stereocenters. The van der Waals surface area contributed by atoms with E-state index in [0.717, 1.165) is 38.8 Å². The molecular weight excluding hydrogens is 298 g/mol. The lowest BCUT2D eigenvalue weighted by Gasteiger charge is -2.32. The molecule has 0 radical (unpaired) electrons. The molecule has 4 nitrogen and oxygen atoms in total. The van der Waals surface area contributed by atoms with E-state index in [1.807, 2.05) is 24.1 Å². The summed E-state index contributed by atoms with van der Waals surface area (Å²) in [6.07, 6.45) is 8.35. The van der Waals surface area contributed by atoms with Crippen LogP contribution in [-0.2, 0) is 18.3 Å². The molecule has 4 rings (SSSR count). The maximum atomic E-state index is 12.7. The number of carbonyl (C=O) groups is 1. The summed E-state index contributed by atoms with van der Waals surface area (Å²) in [5.41, 5.74) is 2.64. The van der Waals surface area contributed by atoms with Crippen LogP contribution >= 0.6 is 0 Å². The van der Waals surface area contributed by atoms with Crippen molar-refractivity contribution < 1.29 is 4.79 Å². The van der Waals surface area contributed by atoms with Crippen molar-refractivity contribution in [2.24, 2.45) is 18.9 Å². The Morgan fingerprint density at radius 2 is 1.96 bits per heavy atom. The van der Waals surface area contributed by atoms with Gasteiger partial charge in [-0.3, -0.25) is 9.48 Å². The lowest BCUT2D eigenvalue weighted by Crippen LogP contribution is -2.40. The van der Waals surface area contributed by atoms with E-state index in [-0.39, 0.29) is 5.92 Å². The Morgan fingerprint density at radius 1 is 1.21 bits per heavy atom. The highest BCUT2D eigenvalue weighted by atomic mass is 16.2. The van der Waals surface area contributed by atoms with E-state index in [1.54, 1.807) is 0 Å². The standard InChI is InChI=1S/C20H25N3O/c1-22-14-17(13-21-22)18-12-19(18)20(24)23-9-7-16(8-10-23)11-15-5-3-2-4-6-15/h2-6,13-14,16,18-19H,7-12H2,1H3. The number of carbonyl (C=O) groups excluding carboxylic acids is 1.